The molecule has 1 aliphatic rings. The van der Waals surface area contributed by atoms with Crippen molar-refractivity contribution < 1.29 is 19.1 Å². The first-order valence-electron chi connectivity index (χ1n) is 9.55. The predicted molar refractivity (Wildman–Crippen MR) is 112 cm³/mol. The van der Waals surface area contributed by atoms with Crippen LogP contribution < -0.4 is 14.8 Å². The van der Waals surface area contributed by atoms with Crippen molar-refractivity contribution >= 4 is 23.4 Å². The first-order valence-corrected chi connectivity index (χ1v) is 9.93. The number of amides is 2. The van der Waals surface area contributed by atoms with Crippen LogP contribution in [0.25, 0.3) is 0 Å². The highest BCUT2D eigenvalue weighted by molar-refractivity contribution is 6.33. The molecule has 2 aromatic carbocycles. The van der Waals surface area contributed by atoms with E-state index in [0.717, 1.165) is 0 Å². The maximum Gasteiger partial charge on any atom is 0.253 e. The molecule has 6 nitrogen and oxygen atoms in total. The number of benzene rings is 2. The zero-order valence-corrected chi connectivity index (χ0v) is 17.5. The van der Waals surface area contributed by atoms with E-state index in [1.165, 1.54) is 0 Å². The smallest absolute Gasteiger partial charge is 0.253 e. The lowest BCUT2D eigenvalue weighted by molar-refractivity contribution is -0.134. The van der Waals surface area contributed by atoms with Crippen molar-refractivity contribution in [3.63, 3.8) is 0 Å². The number of nitrogens with zero attached hydrogens (tertiary/aromatic N) is 1. The molecule has 1 heterocycles. The van der Waals surface area contributed by atoms with E-state index in [-0.39, 0.29) is 23.8 Å². The van der Waals surface area contributed by atoms with Crippen LogP contribution in [0.15, 0.2) is 48.5 Å². The van der Waals surface area contributed by atoms with Crippen molar-refractivity contribution in [2.24, 2.45) is 5.92 Å². The summed E-state index contributed by atoms with van der Waals surface area (Å²) in [4.78, 5) is 27.2. The molecular formula is C22H25ClN2O4. The fourth-order valence-corrected chi connectivity index (χ4v) is 3.39. The quantitative estimate of drug-likeness (QED) is 0.783. The maximum atomic E-state index is 13.0. The Hall–Kier alpha value is -2.73. The van der Waals surface area contributed by atoms with Gasteiger partial charge in [0.2, 0.25) is 5.91 Å². The van der Waals surface area contributed by atoms with E-state index < -0.39 is 6.04 Å². The number of para-hydroxylation sites is 2. The first-order chi connectivity index (χ1) is 13.9. The molecule has 0 saturated heterocycles. The molecular weight excluding hydrogens is 392 g/mol. The second-order valence-electron chi connectivity index (χ2n) is 7.39. The molecule has 0 aromatic heterocycles. The molecule has 0 aliphatic carbocycles. The van der Waals surface area contributed by atoms with Crippen LogP contribution >= 0.6 is 11.6 Å². The molecule has 0 radical (unpaired) electrons. The molecule has 0 bridgehead atoms. The van der Waals surface area contributed by atoms with Crippen molar-refractivity contribution in [3.8, 4) is 11.5 Å². The van der Waals surface area contributed by atoms with Gasteiger partial charge in [-0.15, -0.1) is 0 Å². The summed E-state index contributed by atoms with van der Waals surface area (Å²) in [7, 11) is 1.70. The summed E-state index contributed by atoms with van der Waals surface area (Å²) < 4.78 is 11.6. The van der Waals surface area contributed by atoms with Crippen LogP contribution in [-0.2, 0) is 4.79 Å². The minimum Gasteiger partial charge on any atom is -0.486 e. The molecule has 29 heavy (non-hydrogen) atoms. The van der Waals surface area contributed by atoms with Gasteiger partial charge in [0, 0.05) is 7.05 Å². The molecule has 3 rings (SSSR count). The van der Waals surface area contributed by atoms with E-state index in [4.69, 9.17) is 21.1 Å². The molecule has 2 atom stereocenters. The monoisotopic (exact) mass is 416 g/mol. The molecule has 7 heteroatoms. The average Bonchev–Trinajstić information content (AvgIpc) is 2.71. The first kappa shape index (κ1) is 21.0. The summed E-state index contributed by atoms with van der Waals surface area (Å²) in [5.41, 5.74) is 0.343. The molecule has 1 N–H and O–H groups in total. The minimum atomic E-state index is -0.680. The van der Waals surface area contributed by atoms with Crippen molar-refractivity contribution in [1.82, 2.24) is 10.2 Å². The Balaban J connectivity index is 1.64. The fourth-order valence-electron chi connectivity index (χ4n) is 3.16. The van der Waals surface area contributed by atoms with Gasteiger partial charge >= 0.3 is 0 Å². The highest BCUT2D eigenvalue weighted by atomic mass is 35.5. The Labute approximate surface area is 175 Å². The lowest BCUT2D eigenvalue weighted by Gasteiger charge is -2.32. The van der Waals surface area contributed by atoms with E-state index >= 15 is 0 Å². The third kappa shape index (κ3) is 5.01. The standard InChI is InChI=1S/C22H25ClN2O4/c1-14(2)20(24-21(26)16-8-4-5-9-17(16)23)22(27)25(3)12-15-13-28-18-10-6-7-11-19(18)29-15/h4-11,14-15,20H,12-13H2,1-3H3,(H,24,26)/t15?,20-/m0/s1. The Morgan fingerprint density at radius 3 is 2.48 bits per heavy atom. The average molecular weight is 417 g/mol. The van der Waals surface area contributed by atoms with E-state index in [2.05, 4.69) is 5.32 Å². The summed E-state index contributed by atoms with van der Waals surface area (Å²) in [6.07, 6.45) is -0.286. The van der Waals surface area contributed by atoms with Gasteiger partial charge in [0.25, 0.3) is 5.91 Å². The van der Waals surface area contributed by atoms with Crippen LogP contribution in [0.3, 0.4) is 0 Å². The minimum absolute atomic E-state index is 0.0966. The molecule has 1 aliphatic heterocycles. The number of hydrogen-bond donors (Lipinski definition) is 1. The number of rotatable bonds is 6. The summed E-state index contributed by atoms with van der Waals surface area (Å²) in [6.45, 7) is 4.48. The zero-order valence-electron chi connectivity index (χ0n) is 16.7. The highest BCUT2D eigenvalue weighted by Crippen LogP contribution is 2.31. The van der Waals surface area contributed by atoms with Gasteiger partial charge in [-0.1, -0.05) is 49.7 Å². The van der Waals surface area contributed by atoms with Crippen molar-refractivity contribution in [1.29, 1.82) is 0 Å². The molecule has 2 amide bonds. The fraction of sp³-hybridized carbons (Fsp3) is 0.364. The van der Waals surface area contributed by atoms with Crippen LogP contribution in [0.2, 0.25) is 5.02 Å². The molecule has 154 valence electrons. The maximum absolute atomic E-state index is 13.0. The normalized spacial score (nSPS) is 16.2. The van der Waals surface area contributed by atoms with Gasteiger partial charge in [0.1, 0.15) is 12.6 Å². The molecule has 2 aromatic rings. The van der Waals surface area contributed by atoms with Crippen LogP contribution in [0.1, 0.15) is 24.2 Å². The van der Waals surface area contributed by atoms with Gasteiger partial charge in [-0.25, -0.2) is 0 Å². The van der Waals surface area contributed by atoms with Crippen molar-refractivity contribution in [2.45, 2.75) is 26.0 Å². The Bertz CT molecular complexity index is 887. The number of fused-ring (bicyclic) bond motifs is 1. The SMILES string of the molecule is CC(C)[C@H](NC(=O)c1ccccc1Cl)C(=O)N(C)CC1COc2ccccc2O1. The Morgan fingerprint density at radius 2 is 1.79 bits per heavy atom. The number of carbonyl (C=O) groups is 2. The van der Waals surface area contributed by atoms with E-state index in [0.29, 0.717) is 35.2 Å². The number of carbonyl (C=O) groups excluding carboxylic acids is 2. The third-order valence-corrected chi connectivity index (χ3v) is 5.09. The number of halogens is 1. The third-order valence-electron chi connectivity index (χ3n) is 4.76. The van der Waals surface area contributed by atoms with Crippen molar-refractivity contribution in [2.75, 3.05) is 20.2 Å². The second kappa shape index (κ2) is 9.18. The van der Waals surface area contributed by atoms with Gasteiger partial charge < -0.3 is 19.7 Å². The van der Waals surface area contributed by atoms with Gasteiger partial charge in [-0.2, -0.15) is 0 Å². The van der Waals surface area contributed by atoms with Gasteiger partial charge in [0.05, 0.1) is 17.1 Å². The summed E-state index contributed by atoms with van der Waals surface area (Å²) in [5, 5.41) is 3.17. The number of hydrogen-bond acceptors (Lipinski definition) is 4. The molecule has 0 spiro atoms. The van der Waals surface area contributed by atoms with E-state index in [1.54, 1.807) is 36.2 Å². The largest absolute Gasteiger partial charge is 0.486 e. The van der Waals surface area contributed by atoms with Crippen LogP contribution in [-0.4, -0.2) is 49.1 Å². The number of ether oxygens (including phenoxy) is 2. The predicted octanol–water partition coefficient (Wildman–Crippen LogP) is 3.39. The van der Waals surface area contributed by atoms with E-state index in [9.17, 15) is 9.59 Å². The highest BCUT2D eigenvalue weighted by Gasteiger charge is 2.30. The van der Waals surface area contributed by atoms with Crippen LogP contribution in [0.4, 0.5) is 0 Å². The van der Waals surface area contributed by atoms with Crippen molar-refractivity contribution in [3.05, 3.63) is 59.1 Å². The topological polar surface area (TPSA) is 67.9 Å². The lowest BCUT2D eigenvalue weighted by Crippen LogP contribution is -2.52. The van der Waals surface area contributed by atoms with Crippen LogP contribution in [0, 0.1) is 5.92 Å². The van der Waals surface area contributed by atoms with Crippen LogP contribution in [0.5, 0.6) is 11.5 Å². The molecule has 0 fully saturated rings. The summed E-state index contributed by atoms with van der Waals surface area (Å²) in [5.74, 6) is 0.701. The number of nitrogens with one attached hydrogen (secondary N) is 1. The molecule has 0 saturated carbocycles. The Morgan fingerprint density at radius 1 is 1.14 bits per heavy atom. The summed E-state index contributed by atoms with van der Waals surface area (Å²) in [6, 6.07) is 13.5. The number of likely N-dealkylation sites (N-methyl/N-ethyl adjacent to an activating group) is 1. The van der Waals surface area contributed by atoms with E-state index in [1.807, 2.05) is 38.1 Å². The second-order valence-corrected chi connectivity index (χ2v) is 7.80. The lowest BCUT2D eigenvalue weighted by atomic mass is 10.0. The zero-order chi connectivity index (χ0) is 21.0. The van der Waals surface area contributed by atoms with Gasteiger partial charge in [0.15, 0.2) is 17.6 Å². The van der Waals surface area contributed by atoms with Gasteiger partial charge in [-0.05, 0) is 30.2 Å². The molecule has 1 unspecified atom stereocenters. The summed E-state index contributed by atoms with van der Waals surface area (Å²) >= 11 is 6.11. The van der Waals surface area contributed by atoms with Gasteiger partial charge in [-0.3, -0.25) is 9.59 Å². The Kier molecular flexibility index (Phi) is 6.64.